The van der Waals surface area contributed by atoms with Gasteiger partial charge in [0.05, 0.1) is 64.9 Å². The number of hydrogen-bond acceptors (Lipinski definition) is 16. The number of thioether (sulfide) groups is 1. The number of amides is 4. The Balaban J connectivity index is 0.909. The molecule has 3 aliphatic heterocycles. The van der Waals surface area contributed by atoms with Crippen molar-refractivity contribution in [2.45, 2.75) is 87.1 Å². The Hall–Kier alpha value is -2.95. The fourth-order valence-corrected chi connectivity index (χ4v) is 8.50. The fourth-order valence-electron chi connectivity index (χ4n) is 6.41. The quantitative estimate of drug-likeness (QED) is 0.0286. The summed E-state index contributed by atoms with van der Waals surface area (Å²) >= 11 is 1.88. The van der Waals surface area contributed by atoms with Crippen LogP contribution in [0.1, 0.15) is 56.7 Å². The second kappa shape index (κ2) is 24.9. The van der Waals surface area contributed by atoms with Crippen molar-refractivity contribution in [1.82, 2.24) is 30.8 Å². The molecule has 20 nitrogen and oxygen atoms in total. The van der Waals surface area contributed by atoms with Crippen molar-refractivity contribution in [2.75, 3.05) is 84.0 Å². The van der Waals surface area contributed by atoms with E-state index in [1.165, 1.54) is 6.20 Å². The van der Waals surface area contributed by atoms with E-state index in [0.29, 0.717) is 89.4 Å². The van der Waals surface area contributed by atoms with Crippen molar-refractivity contribution in [3.8, 4) is 0 Å². The van der Waals surface area contributed by atoms with Crippen molar-refractivity contribution in [3.05, 3.63) is 34.6 Å². The molecular formula is C35H60N7O13PS. The zero-order valence-corrected chi connectivity index (χ0v) is 34.1. The standard InChI is InChI=1S/C35H60N7O13PS/c1-2-56(48,49)54-22-25-20-27(43)33(55-25)42-21-24(32(36)41-35(42)47)6-5-10-37-30(45)9-12-50-14-16-52-18-19-53-17-15-51-13-11-38-29(44)8-4-3-7-28-31-26(23-57-28)39-34(46)40-31/h2,21,25-28,31,33,43,48-49,56H,1,3-20,22-23H2,(H,37,45)(H,38,44)(H2,36,41,47)(H2,39,40,46)/t25-,26-,27?,28-,31-,33+/m0/s1. The van der Waals surface area contributed by atoms with Gasteiger partial charge in [-0.2, -0.15) is 11.8 Å². The minimum absolute atomic E-state index is 0.0121. The van der Waals surface area contributed by atoms with Crippen LogP contribution >= 0.6 is 19.7 Å². The normalized spacial score (nSPS) is 23.2. The number of fused-ring (bicyclic) bond motifs is 1. The molecule has 4 rings (SSSR count). The third-order valence-corrected chi connectivity index (χ3v) is 12.1. The van der Waals surface area contributed by atoms with E-state index in [1.807, 2.05) is 11.8 Å². The summed E-state index contributed by atoms with van der Waals surface area (Å²) in [5.41, 5.74) is 5.79. The number of nitrogens with two attached hydrogens (primary N) is 1. The number of unbranched alkanes of at least 4 members (excludes halogenated alkanes) is 1. The molecule has 324 valence electrons. The van der Waals surface area contributed by atoms with Crippen LogP contribution in [0, 0.1) is 0 Å². The summed E-state index contributed by atoms with van der Waals surface area (Å²) in [7, 11) is -4.01. The van der Waals surface area contributed by atoms with Gasteiger partial charge in [-0.3, -0.25) is 9.59 Å². The molecule has 1 unspecified atom stereocenters. The van der Waals surface area contributed by atoms with Gasteiger partial charge in [-0.25, -0.2) is 4.79 Å². The first kappa shape index (κ1) is 46.7. The SMILES string of the molecule is C=C[PH](O)(O)OC[C@@H]1CC(O)[C@H](n2cc(CCCNC(=O)CCOCCOCCOCCOCCNC(=O)CCCC[C@@H]3SC[C@@H]4NC(=O)N[C@@H]43)c(N)nc2=O)O1. The predicted octanol–water partition coefficient (Wildman–Crippen LogP) is -0.539. The number of aromatic nitrogens is 2. The molecule has 3 saturated heterocycles. The monoisotopic (exact) mass is 849 g/mol. The Bertz CT molecular complexity index is 1490. The van der Waals surface area contributed by atoms with Crippen LogP contribution in [0.25, 0.3) is 0 Å². The average molecular weight is 850 g/mol. The number of carbonyl (C=O) groups excluding carboxylic acids is 3. The molecule has 57 heavy (non-hydrogen) atoms. The van der Waals surface area contributed by atoms with E-state index in [9.17, 15) is 34.1 Å². The maximum atomic E-state index is 12.5. The molecule has 0 aromatic carbocycles. The summed E-state index contributed by atoms with van der Waals surface area (Å²) in [4.78, 5) is 71.5. The maximum absolute atomic E-state index is 12.5. The number of hydrogen-bond donors (Lipinski definition) is 8. The number of carbonyl (C=O) groups is 3. The summed E-state index contributed by atoms with van der Waals surface area (Å²) in [5, 5.41) is 22.5. The molecule has 0 bridgehead atoms. The van der Waals surface area contributed by atoms with Gasteiger partial charge >= 0.3 is 150 Å². The molecule has 1 aromatic rings. The number of ether oxygens (including phenoxy) is 5. The van der Waals surface area contributed by atoms with E-state index in [1.54, 1.807) is 0 Å². The first-order valence-corrected chi connectivity index (χ1v) is 22.3. The van der Waals surface area contributed by atoms with Crippen LogP contribution in [-0.4, -0.2) is 150 Å². The van der Waals surface area contributed by atoms with Gasteiger partial charge in [0.1, 0.15) is 0 Å². The van der Waals surface area contributed by atoms with Crippen molar-refractivity contribution in [2.24, 2.45) is 0 Å². The number of nitrogens with one attached hydrogen (secondary N) is 4. The molecule has 4 amide bonds. The molecule has 0 saturated carbocycles. The van der Waals surface area contributed by atoms with Crippen LogP contribution in [0.15, 0.2) is 23.4 Å². The first-order valence-electron chi connectivity index (χ1n) is 19.4. The number of anilines is 1. The summed E-state index contributed by atoms with van der Waals surface area (Å²) in [6.45, 7) is 6.83. The number of nitrogens with zero attached hydrogens (tertiary/aromatic N) is 2. The second-order valence-corrected chi connectivity index (χ2v) is 17.1. The molecule has 4 heterocycles. The van der Waals surface area contributed by atoms with Gasteiger partial charge in [-0.15, -0.1) is 0 Å². The molecule has 3 fully saturated rings. The van der Waals surface area contributed by atoms with E-state index in [-0.39, 0.29) is 61.8 Å². The Morgan fingerprint density at radius 2 is 1.65 bits per heavy atom. The van der Waals surface area contributed by atoms with Crippen molar-refractivity contribution < 1.29 is 57.5 Å². The summed E-state index contributed by atoms with van der Waals surface area (Å²) in [6.07, 6.45) is 3.07. The van der Waals surface area contributed by atoms with Crippen LogP contribution in [0.5, 0.6) is 0 Å². The molecule has 0 spiro atoms. The second-order valence-electron chi connectivity index (χ2n) is 13.8. The Labute approximate surface area is 336 Å². The zero-order valence-electron chi connectivity index (χ0n) is 32.3. The van der Waals surface area contributed by atoms with E-state index in [2.05, 4.69) is 32.8 Å². The molecule has 0 radical (unpaired) electrons. The van der Waals surface area contributed by atoms with E-state index < -0.39 is 32.1 Å². The first-order chi connectivity index (χ1) is 27.5. The van der Waals surface area contributed by atoms with Gasteiger partial charge in [0, 0.05) is 30.4 Å². The van der Waals surface area contributed by atoms with Crippen LogP contribution in [0.2, 0.25) is 0 Å². The van der Waals surface area contributed by atoms with Gasteiger partial charge in [0.25, 0.3) is 0 Å². The third kappa shape index (κ3) is 16.7. The summed E-state index contributed by atoms with van der Waals surface area (Å²) < 4.78 is 33.9. The van der Waals surface area contributed by atoms with Gasteiger partial charge in [0.15, 0.2) is 0 Å². The Morgan fingerprint density at radius 1 is 0.982 bits per heavy atom. The fraction of sp³-hybridized carbons (Fsp3) is 0.743. The zero-order chi connectivity index (χ0) is 41.0. The van der Waals surface area contributed by atoms with Crippen molar-refractivity contribution in [3.63, 3.8) is 0 Å². The van der Waals surface area contributed by atoms with Crippen molar-refractivity contribution >= 4 is 43.4 Å². The van der Waals surface area contributed by atoms with Gasteiger partial charge in [-0.1, -0.05) is 6.42 Å². The molecule has 1 aromatic heterocycles. The number of nitrogen functional groups attached to an aromatic ring is 1. The van der Waals surface area contributed by atoms with Crippen LogP contribution < -0.4 is 32.7 Å². The van der Waals surface area contributed by atoms with Crippen molar-refractivity contribution in [1.29, 1.82) is 0 Å². The predicted molar refractivity (Wildman–Crippen MR) is 213 cm³/mol. The summed E-state index contributed by atoms with van der Waals surface area (Å²) in [6, 6.07) is 0.346. The van der Waals surface area contributed by atoms with E-state index in [0.717, 1.165) is 35.4 Å². The van der Waals surface area contributed by atoms with Gasteiger partial charge in [-0.05, 0) is 12.8 Å². The number of aliphatic hydroxyl groups excluding tert-OH is 1. The number of urea groups is 1. The van der Waals surface area contributed by atoms with E-state index >= 15 is 0 Å². The van der Waals surface area contributed by atoms with Gasteiger partial charge in [0.2, 0.25) is 11.8 Å². The summed E-state index contributed by atoms with van der Waals surface area (Å²) in [5.74, 6) is 1.75. The Kier molecular flexibility index (Phi) is 20.4. The van der Waals surface area contributed by atoms with E-state index in [4.69, 9.17) is 33.9 Å². The Morgan fingerprint density at radius 3 is 2.37 bits per heavy atom. The number of aliphatic hydroxyl groups is 1. The number of aryl methyl sites for hydroxylation is 1. The minimum atomic E-state index is -4.01. The van der Waals surface area contributed by atoms with Crippen LogP contribution in [0.4, 0.5) is 10.6 Å². The topological polar surface area (TPSA) is 276 Å². The molecule has 0 aliphatic carbocycles. The van der Waals surface area contributed by atoms with Crippen LogP contribution in [-0.2, 0) is 44.2 Å². The third-order valence-electron chi connectivity index (χ3n) is 9.43. The molecule has 6 atom stereocenters. The number of rotatable bonds is 29. The molecule has 22 heteroatoms. The van der Waals surface area contributed by atoms with Gasteiger partial charge < -0.3 is 34.9 Å². The molecule has 9 N–H and O–H groups in total. The molecular weight excluding hydrogens is 789 g/mol. The average Bonchev–Trinajstić information content (AvgIpc) is 3.86. The molecule has 3 aliphatic rings. The van der Waals surface area contributed by atoms with Crippen LogP contribution in [0.3, 0.4) is 0 Å².